The Balaban J connectivity index is 3.66. The van der Waals surface area contributed by atoms with Gasteiger partial charge in [-0.3, -0.25) is 0 Å². The van der Waals surface area contributed by atoms with Crippen molar-refractivity contribution in [3.63, 3.8) is 0 Å². The van der Waals surface area contributed by atoms with Crippen LogP contribution in [0.4, 0.5) is 0 Å². The predicted octanol–water partition coefficient (Wildman–Crippen LogP) is 2.00. The Kier molecular flexibility index (Phi) is 2.82. The zero-order valence-corrected chi connectivity index (χ0v) is 5.94. The van der Waals surface area contributed by atoms with Crippen LogP contribution < -0.4 is 0 Å². The lowest BCUT2D eigenvalue weighted by Crippen LogP contribution is -1.98. The highest BCUT2D eigenvalue weighted by atomic mass is 35.5. The van der Waals surface area contributed by atoms with E-state index in [0.29, 0.717) is 0 Å². The molecule has 0 aliphatic heterocycles. The SMILES string of the molecule is CSC(Cl)(Cl)C#N. The molecule has 0 saturated heterocycles. The highest BCUT2D eigenvalue weighted by Crippen LogP contribution is 2.30. The molecular weight excluding hydrogens is 153 g/mol. The first-order chi connectivity index (χ1) is 3.12. The molecule has 40 valence electrons. The molecule has 0 bridgehead atoms. The van der Waals surface area contributed by atoms with E-state index in [1.807, 2.05) is 0 Å². The second-order valence-corrected chi connectivity index (χ2v) is 3.63. The maximum atomic E-state index is 8.06. The Morgan fingerprint density at radius 1 is 1.71 bits per heavy atom. The number of nitriles is 1. The van der Waals surface area contributed by atoms with E-state index in [1.165, 1.54) is 0 Å². The van der Waals surface area contributed by atoms with Crippen LogP contribution >= 0.6 is 35.0 Å². The molecule has 0 amide bonds. The fraction of sp³-hybridized carbons (Fsp3) is 0.667. The van der Waals surface area contributed by atoms with Crippen molar-refractivity contribution in [3.05, 3.63) is 0 Å². The second kappa shape index (κ2) is 2.66. The first-order valence-electron chi connectivity index (χ1n) is 1.46. The molecule has 0 fully saturated rings. The van der Waals surface area contributed by atoms with Crippen molar-refractivity contribution in [2.24, 2.45) is 0 Å². The minimum atomic E-state index is -1.25. The number of halogens is 2. The van der Waals surface area contributed by atoms with E-state index < -0.39 is 3.67 Å². The summed E-state index contributed by atoms with van der Waals surface area (Å²) < 4.78 is -1.25. The highest BCUT2D eigenvalue weighted by molar-refractivity contribution is 8.02. The largest absolute Gasteiger partial charge is 0.249 e. The molecule has 0 atom stereocenters. The highest BCUT2D eigenvalue weighted by Gasteiger charge is 2.19. The third kappa shape index (κ3) is 3.04. The Labute approximate surface area is 56.6 Å². The van der Waals surface area contributed by atoms with Crippen LogP contribution in [0.25, 0.3) is 0 Å². The van der Waals surface area contributed by atoms with Gasteiger partial charge in [0.1, 0.15) is 6.07 Å². The minimum Gasteiger partial charge on any atom is -0.194 e. The first kappa shape index (κ1) is 7.42. The summed E-state index contributed by atoms with van der Waals surface area (Å²) in [6.07, 6.45) is 1.67. The molecule has 7 heavy (non-hydrogen) atoms. The van der Waals surface area contributed by atoms with Crippen molar-refractivity contribution in [3.8, 4) is 6.07 Å². The van der Waals surface area contributed by atoms with Gasteiger partial charge in [0.25, 0.3) is 0 Å². The van der Waals surface area contributed by atoms with Crippen LogP contribution in [-0.2, 0) is 0 Å². The van der Waals surface area contributed by atoms with Gasteiger partial charge < -0.3 is 0 Å². The van der Waals surface area contributed by atoms with Crippen LogP contribution in [0.1, 0.15) is 0 Å². The van der Waals surface area contributed by atoms with E-state index in [1.54, 1.807) is 12.3 Å². The van der Waals surface area contributed by atoms with E-state index in [4.69, 9.17) is 28.5 Å². The Morgan fingerprint density at radius 2 is 2.14 bits per heavy atom. The van der Waals surface area contributed by atoms with E-state index in [0.717, 1.165) is 11.8 Å². The Hall–Kier alpha value is 0.420. The van der Waals surface area contributed by atoms with Crippen LogP contribution in [-0.4, -0.2) is 9.92 Å². The van der Waals surface area contributed by atoms with Gasteiger partial charge in [-0.1, -0.05) is 23.2 Å². The van der Waals surface area contributed by atoms with Gasteiger partial charge in [-0.15, -0.1) is 11.8 Å². The zero-order chi connectivity index (χ0) is 5.91. The number of hydrogen-bond acceptors (Lipinski definition) is 2. The molecule has 0 aromatic heterocycles. The molecule has 4 heteroatoms. The van der Waals surface area contributed by atoms with E-state index in [9.17, 15) is 0 Å². The quantitative estimate of drug-likeness (QED) is 0.542. The number of thioether (sulfide) groups is 1. The number of rotatable bonds is 1. The zero-order valence-electron chi connectivity index (χ0n) is 3.61. The lowest BCUT2D eigenvalue weighted by Gasteiger charge is -2.01. The summed E-state index contributed by atoms with van der Waals surface area (Å²) in [4.78, 5) is 0. The van der Waals surface area contributed by atoms with Gasteiger partial charge in [0.2, 0.25) is 3.67 Å². The summed E-state index contributed by atoms with van der Waals surface area (Å²) in [6.45, 7) is 0. The summed E-state index contributed by atoms with van der Waals surface area (Å²) in [6, 6.07) is 1.68. The second-order valence-electron chi connectivity index (χ2n) is 0.833. The third-order valence-corrected chi connectivity index (χ3v) is 2.09. The van der Waals surface area contributed by atoms with Crippen LogP contribution in [0.5, 0.6) is 0 Å². The monoisotopic (exact) mass is 155 g/mol. The van der Waals surface area contributed by atoms with E-state index in [2.05, 4.69) is 0 Å². The Bertz CT molecular complexity index is 95.6. The molecule has 0 aromatic rings. The normalized spacial score (nSPS) is 10.6. The van der Waals surface area contributed by atoms with Crippen molar-refractivity contribution in [1.29, 1.82) is 5.26 Å². The van der Waals surface area contributed by atoms with Gasteiger partial charge in [0.15, 0.2) is 0 Å². The molecule has 0 N–H and O–H groups in total. The summed E-state index contributed by atoms with van der Waals surface area (Å²) in [5, 5.41) is 8.06. The number of alkyl halides is 2. The Morgan fingerprint density at radius 3 is 2.14 bits per heavy atom. The molecule has 0 radical (unpaired) electrons. The smallest absolute Gasteiger partial charge is 0.194 e. The molecule has 0 aromatic carbocycles. The van der Waals surface area contributed by atoms with Crippen molar-refractivity contribution >= 4 is 35.0 Å². The van der Waals surface area contributed by atoms with Gasteiger partial charge in [-0.05, 0) is 6.26 Å². The summed E-state index contributed by atoms with van der Waals surface area (Å²) in [5.74, 6) is 0. The van der Waals surface area contributed by atoms with Gasteiger partial charge in [-0.2, -0.15) is 5.26 Å². The summed E-state index contributed by atoms with van der Waals surface area (Å²) in [5.41, 5.74) is 0. The average Bonchev–Trinajstić information content (AvgIpc) is 1.68. The predicted molar refractivity (Wildman–Crippen MR) is 33.6 cm³/mol. The van der Waals surface area contributed by atoms with Crippen LogP contribution in [0.2, 0.25) is 0 Å². The molecule has 0 aliphatic rings. The molecule has 1 nitrogen and oxygen atoms in total. The lowest BCUT2D eigenvalue weighted by molar-refractivity contribution is 1.41. The first-order valence-corrected chi connectivity index (χ1v) is 3.44. The molecule has 0 saturated carbocycles. The van der Waals surface area contributed by atoms with E-state index in [-0.39, 0.29) is 0 Å². The van der Waals surface area contributed by atoms with Gasteiger partial charge in [0.05, 0.1) is 0 Å². The van der Waals surface area contributed by atoms with Crippen molar-refractivity contribution in [1.82, 2.24) is 0 Å². The van der Waals surface area contributed by atoms with E-state index >= 15 is 0 Å². The van der Waals surface area contributed by atoms with Crippen molar-refractivity contribution < 1.29 is 0 Å². The lowest BCUT2D eigenvalue weighted by atomic mass is 10.9. The average molecular weight is 156 g/mol. The maximum Gasteiger partial charge on any atom is 0.249 e. The van der Waals surface area contributed by atoms with Crippen LogP contribution in [0.15, 0.2) is 0 Å². The molecular formula is C3H3Cl2NS. The maximum absolute atomic E-state index is 8.06. The summed E-state index contributed by atoms with van der Waals surface area (Å²) >= 11 is 11.6. The molecule has 0 rings (SSSR count). The number of hydrogen-bond donors (Lipinski definition) is 0. The molecule has 0 aliphatic carbocycles. The van der Waals surface area contributed by atoms with Crippen LogP contribution in [0.3, 0.4) is 0 Å². The fourth-order valence-electron chi connectivity index (χ4n) is 0.0456. The topological polar surface area (TPSA) is 23.8 Å². The van der Waals surface area contributed by atoms with Gasteiger partial charge in [0, 0.05) is 0 Å². The molecule has 0 spiro atoms. The van der Waals surface area contributed by atoms with Gasteiger partial charge >= 0.3 is 0 Å². The fourth-order valence-corrected chi connectivity index (χ4v) is 0.137. The van der Waals surface area contributed by atoms with Crippen LogP contribution in [0, 0.1) is 11.3 Å². The molecule has 0 unspecified atom stereocenters. The molecule has 0 heterocycles. The third-order valence-electron chi connectivity index (χ3n) is 0.387. The standard InChI is InChI=1S/C3H3Cl2NS/c1-7-3(4,5)2-6/h1H3. The van der Waals surface area contributed by atoms with Crippen molar-refractivity contribution in [2.45, 2.75) is 3.67 Å². The minimum absolute atomic E-state index is 1.10. The van der Waals surface area contributed by atoms with Crippen molar-refractivity contribution in [2.75, 3.05) is 6.26 Å². The number of nitrogens with zero attached hydrogens (tertiary/aromatic N) is 1. The summed E-state index contributed by atoms with van der Waals surface area (Å²) in [7, 11) is 0. The van der Waals surface area contributed by atoms with Gasteiger partial charge in [-0.25, -0.2) is 0 Å².